The molecule has 102 valence electrons. The minimum atomic E-state index is 0.882. The van der Waals surface area contributed by atoms with E-state index in [1.165, 1.54) is 17.5 Å². The molecule has 0 aliphatic carbocycles. The number of aromatic nitrogens is 2. The lowest BCUT2D eigenvalue weighted by atomic mass is 10.2. The van der Waals surface area contributed by atoms with Crippen molar-refractivity contribution < 1.29 is 0 Å². The molecule has 20 heavy (non-hydrogen) atoms. The largest absolute Gasteiger partial charge is 0.314 e. The molecule has 3 rings (SSSR count). The van der Waals surface area contributed by atoms with E-state index in [9.17, 15) is 0 Å². The van der Waals surface area contributed by atoms with E-state index in [1.54, 1.807) is 0 Å². The van der Waals surface area contributed by atoms with Crippen molar-refractivity contribution in [1.82, 2.24) is 9.55 Å². The summed E-state index contributed by atoms with van der Waals surface area (Å²) in [4.78, 5) is 4.77. The number of thioether (sulfide) groups is 1. The molecule has 0 radical (unpaired) electrons. The van der Waals surface area contributed by atoms with Gasteiger partial charge in [-0.15, -0.1) is 0 Å². The molecule has 0 bridgehead atoms. The summed E-state index contributed by atoms with van der Waals surface area (Å²) in [6.07, 6.45) is 1.17. The summed E-state index contributed by atoms with van der Waals surface area (Å²) in [7, 11) is 0. The molecule has 0 aliphatic heterocycles. The topological polar surface area (TPSA) is 17.8 Å². The Kier molecular flexibility index (Phi) is 4.07. The van der Waals surface area contributed by atoms with Crippen LogP contribution in [0.4, 0.5) is 0 Å². The van der Waals surface area contributed by atoms with Gasteiger partial charge in [0.2, 0.25) is 0 Å². The molecule has 0 fully saturated rings. The number of rotatable bonds is 5. The van der Waals surface area contributed by atoms with Crippen molar-refractivity contribution in [3.63, 3.8) is 0 Å². The van der Waals surface area contributed by atoms with E-state index < -0.39 is 0 Å². The zero-order chi connectivity index (χ0) is 13.8. The molecule has 2 nitrogen and oxygen atoms in total. The van der Waals surface area contributed by atoms with Crippen LogP contribution in [0, 0.1) is 0 Å². The number of imidazole rings is 1. The van der Waals surface area contributed by atoms with E-state index in [-0.39, 0.29) is 0 Å². The van der Waals surface area contributed by atoms with Crippen LogP contribution in [0.3, 0.4) is 0 Å². The van der Waals surface area contributed by atoms with Gasteiger partial charge < -0.3 is 4.57 Å². The van der Waals surface area contributed by atoms with Gasteiger partial charge in [0.25, 0.3) is 0 Å². The molecule has 0 spiro atoms. The Hall–Kier alpha value is -1.74. The predicted octanol–water partition coefficient (Wildman–Crippen LogP) is 4.59. The molecular formula is C17H18N2S. The molecule has 0 N–H and O–H groups in total. The second kappa shape index (κ2) is 6.14. The van der Waals surface area contributed by atoms with E-state index >= 15 is 0 Å². The Balaban J connectivity index is 2.01. The highest BCUT2D eigenvalue weighted by atomic mass is 32.2. The first-order valence-corrected chi connectivity index (χ1v) is 7.99. The van der Waals surface area contributed by atoms with E-state index in [0.29, 0.717) is 0 Å². The summed E-state index contributed by atoms with van der Waals surface area (Å²) in [6, 6.07) is 19.0. The van der Waals surface area contributed by atoms with Gasteiger partial charge in [0.15, 0.2) is 5.16 Å². The zero-order valence-corrected chi connectivity index (χ0v) is 12.4. The van der Waals surface area contributed by atoms with E-state index in [0.717, 1.165) is 23.0 Å². The standard InChI is InChI=1S/C17H18N2S/c1-2-12-20-17-18-15-10-6-7-11-16(15)19(17)13-14-8-4-3-5-9-14/h3-11H,2,12-13H2,1H3. The molecular weight excluding hydrogens is 264 g/mol. The highest BCUT2D eigenvalue weighted by Crippen LogP contribution is 2.25. The molecule has 0 saturated carbocycles. The highest BCUT2D eigenvalue weighted by Gasteiger charge is 2.10. The Bertz CT molecular complexity index is 689. The summed E-state index contributed by atoms with van der Waals surface area (Å²) >= 11 is 1.84. The summed E-state index contributed by atoms with van der Waals surface area (Å²) < 4.78 is 2.32. The first-order chi connectivity index (χ1) is 9.88. The monoisotopic (exact) mass is 282 g/mol. The third kappa shape index (κ3) is 2.73. The van der Waals surface area contributed by atoms with Crippen molar-refractivity contribution in [2.75, 3.05) is 5.75 Å². The van der Waals surface area contributed by atoms with Gasteiger partial charge in [0.1, 0.15) is 0 Å². The maximum atomic E-state index is 4.77. The fourth-order valence-electron chi connectivity index (χ4n) is 2.28. The lowest BCUT2D eigenvalue weighted by molar-refractivity contribution is 0.731. The molecule has 2 aromatic carbocycles. The van der Waals surface area contributed by atoms with Gasteiger partial charge in [-0.1, -0.05) is 61.2 Å². The summed E-state index contributed by atoms with van der Waals surface area (Å²) in [5.74, 6) is 1.11. The van der Waals surface area contributed by atoms with E-state index in [2.05, 4.69) is 66.1 Å². The number of hydrogen-bond acceptors (Lipinski definition) is 2. The van der Waals surface area contributed by atoms with Crippen LogP contribution < -0.4 is 0 Å². The molecule has 0 aliphatic rings. The summed E-state index contributed by atoms with van der Waals surface area (Å²) in [6.45, 7) is 3.09. The molecule has 1 aromatic heterocycles. The molecule has 3 aromatic rings. The fraction of sp³-hybridized carbons (Fsp3) is 0.235. The van der Waals surface area contributed by atoms with Gasteiger partial charge in [0, 0.05) is 5.75 Å². The molecule has 3 heteroatoms. The first kappa shape index (κ1) is 13.3. The number of hydrogen-bond donors (Lipinski definition) is 0. The van der Waals surface area contributed by atoms with Crippen molar-refractivity contribution in [3.8, 4) is 0 Å². The molecule has 1 heterocycles. The predicted molar refractivity (Wildman–Crippen MR) is 86.3 cm³/mol. The Labute approximate surface area is 123 Å². The molecule has 0 amide bonds. The third-order valence-electron chi connectivity index (χ3n) is 3.24. The average molecular weight is 282 g/mol. The molecule has 0 unspecified atom stereocenters. The highest BCUT2D eigenvalue weighted by molar-refractivity contribution is 7.99. The van der Waals surface area contributed by atoms with Gasteiger partial charge in [-0.25, -0.2) is 4.98 Å². The zero-order valence-electron chi connectivity index (χ0n) is 11.6. The normalized spacial score (nSPS) is 11.1. The smallest absolute Gasteiger partial charge is 0.169 e. The Morgan fingerprint density at radius 1 is 1.00 bits per heavy atom. The van der Waals surface area contributed by atoms with Gasteiger partial charge in [-0.3, -0.25) is 0 Å². The number of nitrogens with zero attached hydrogens (tertiary/aromatic N) is 2. The van der Waals surface area contributed by atoms with Crippen molar-refractivity contribution in [1.29, 1.82) is 0 Å². The number of benzene rings is 2. The van der Waals surface area contributed by atoms with Gasteiger partial charge in [0.05, 0.1) is 17.6 Å². The maximum Gasteiger partial charge on any atom is 0.169 e. The lowest BCUT2D eigenvalue weighted by Gasteiger charge is -2.08. The third-order valence-corrected chi connectivity index (χ3v) is 4.42. The molecule has 0 saturated heterocycles. The van der Waals surface area contributed by atoms with Crippen molar-refractivity contribution in [2.24, 2.45) is 0 Å². The number of fused-ring (bicyclic) bond motifs is 1. The van der Waals surface area contributed by atoms with Crippen LogP contribution in [0.5, 0.6) is 0 Å². The van der Waals surface area contributed by atoms with Crippen molar-refractivity contribution in [2.45, 2.75) is 25.0 Å². The van der Waals surface area contributed by atoms with Crippen LogP contribution in [0.25, 0.3) is 11.0 Å². The van der Waals surface area contributed by atoms with Crippen LogP contribution in [0.2, 0.25) is 0 Å². The maximum absolute atomic E-state index is 4.77. The van der Waals surface area contributed by atoms with E-state index in [1.807, 2.05) is 11.8 Å². The van der Waals surface area contributed by atoms with Gasteiger partial charge >= 0.3 is 0 Å². The first-order valence-electron chi connectivity index (χ1n) is 7.00. The van der Waals surface area contributed by atoms with Crippen LogP contribution in [0.15, 0.2) is 59.8 Å². The van der Waals surface area contributed by atoms with Crippen molar-refractivity contribution >= 4 is 22.8 Å². The van der Waals surface area contributed by atoms with E-state index in [4.69, 9.17) is 4.98 Å². The Morgan fingerprint density at radius 3 is 2.55 bits per heavy atom. The van der Waals surface area contributed by atoms with Crippen LogP contribution in [0.1, 0.15) is 18.9 Å². The van der Waals surface area contributed by atoms with Crippen LogP contribution >= 0.6 is 11.8 Å². The quantitative estimate of drug-likeness (QED) is 0.637. The average Bonchev–Trinajstić information content (AvgIpc) is 2.84. The lowest BCUT2D eigenvalue weighted by Crippen LogP contribution is -2.01. The number of para-hydroxylation sites is 2. The van der Waals surface area contributed by atoms with Crippen LogP contribution in [-0.4, -0.2) is 15.3 Å². The molecule has 0 atom stereocenters. The van der Waals surface area contributed by atoms with Crippen molar-refractivity contribution in [3.05, 3.63) is 60.2 Å². The minimum absolute atomic E-state index is 0.882. The van der Waals surface area contributed by atoms with Crippen LogP contribution in [-0.2, 0) is 6.54 Å². The second-order valence-electron chi connectivity index (χ2n) is 4.80. The summed E-state index contributed by atoms with van der Waals surface area (Å²) in [5.41, 5.74) is 3.62. The fourth-order valence-corrected chi connectivity index (χ4v) is 3.14. The minimum Gasteiger partial charge on any atom is -0.314 e. The second-order valence-corrected chi connectivity index (χ2v) is 5.87. The SMILES string of the molecule is CCCSc1nc2ccccc2n1Cc1ccccc1. The Morgan fingerprint density at radius 2 is 1.75 bits per heavy atom. The van der Waals surface area contributed by atoms with Gasteiger partial charge in [-0.2, -0.15) is 0 Å². The summed E-state index contributed by atoms with van der Waals surface area (Å²) in [5, 5.41) is 1.12. The van der Waals surface area contributed by atoms with Gasteiger partial charge in [-0.05, 0) is 24.1 Å².